The van der Waals surface area contributed by atoms with Gasteiger partial charge in [0.05, 0.1) is 17.2 Å². The van der Waals surface area contributed by atoms with Crippen LogP contribution >= 0.6 is 12.6 Å². The van der Waals surface area contributed by atoms with E-state index in [0.29, 0.717) is 0 Å². The van der Waals surface area contributed by atoms with Gasteiger partial charge < -0.3 is 10.2 Å². The van der Waals surface area contributed by atoms with Gasteiger partial charge in [0.15, 0.2) is 0 Å². The van der Waals surface area contributed by atoms with Gasteiger partial charge >= 0.3 is 12.4 Å². The molecule has 114 valence electrons. The lowest BCUT2D eigenvalue weighted by atomic mass is 9.96. The van der Waals surface area contributed by atoms with Crippen molar-refractivity contribution in [1.82, 2.24) is 0 Å². The maximum Gasteiger partial charge on any atom is 0.416 e. The number of aliphatic hydroxyl groups excluding tert-OH is 2. The summed E-state index contributed by atoms with van der Waals surface area (Å²) in [5.41, 5.74) is -3.81. The predicted molar refractivity (Wildman–Crippen MR) is 61.3 cm³/mol. The van der Waals surface area contributed by atoms with Crippen LogP contribution < -0.4 is 0 Å². The van der Waals surface area contributed by atoms with Crippen molar-refractivity contribution in [2.75, 3.05) is 5.75 Å². The number of halogens is 6. The number of hydrogen-bond acceptors (Lipinski definition) is 3. The average Bonchev–Trinajstić information content (AvgIpc) is 2.34. The zero-order chi connectivity index (χ0) is 15.7. The van der Waals surface area contributed by atoms with Gasteiger partial charge in [0.1, 0.15) is 6.10 Å². The average molecular weight is 320 g/mol. The summed E-state index contributed by atoms with van der Waals surface area (Å²) in [5.74, 6) is -0.408. The van der Waals surface area contributed by atoms with Crippen LogP contribution in [0.3, 0.4) is 0 Å². The van der Waals surface area contributed by atoms with E-state index in [4.69, 9.17) is 0 Å². The Balaban J connectivity index is 3.42. The van der Waals surface area contributed by atoms with E-state index in [0.717, 1.165) is 0 Å². The Morgan fingerprint density at radius 1 is 1.00 bits per heavy atom. The zero-order valence-electron chi connectivity index (χ0n) is 9.70. The maximum atomic E-state index is 12.7. The van der Waals surface area contributed by atoms with Crippen molar-refractivity contribution < 1.29 is 36.6 Å². The zero-order valence-corrected chi connectivity index (χ0v) is 10.6. The first kappa shape index (κ1) is 17.1. The summed E-state index contributed by atoms with van der Waals surface area (Å²) < 4.78 is 75.6. The lowest BCUT2D eigenvalue weighted by molar-refractivity contribution is -0.143. The van der Waals surface area contributed by atoms with E-state index >= 15 is 0 Å². The van der Waals surface area contributed by atoms with E-state index < -0.39 is 47.0 Å². The van der Waals surface area contributed by atoms with Gasteiger partial charge in [0.25, 0.3) is 0 Å². The van der Waals surface area contributed by atoms with Gasteiger partial charge in [0, 0.05) is 5.75 Å². The second kappa shape index (κ2) is 5.82. The van der Waals surface area contributed by atoms with Gasteiger partial charge in [-0.05, 0) is 23.8 Å². The van der Waals surface area contributed by atoms with Gasteiger partial charge in [-0.1, -0.05) is 0 Å². The minimum atomic E-state index is -4.95. The second-order valence-corrected chi connectivity index (χ2v) is 4.36. The number of rotatable bonds is 3. The van der Waals surface area contributed by atoms with Crippen LogP contribution in [0.25, 0.3) is 0 Å². The molecule has 0 heterocycles. The van der Waals surface area contributed by atoms with Crippen molar-refractivity contribution in [2.24, 2.45) is 0 Å². The SMILES string of the molecule is OC(CS)C(O)c1cc(C(F)(F)F)ccc1C(F)(F)F. The maximum absolute atomic E-state index is 12.7. The summed E-state index contributed by atoms with van der Waals surface area (Å²) in [7, 11) is 0. The Morgan fingerprint density at radius 3 is 1.95 bits per heavy atom. The van der Waals surface area contributed by atoms with Crippen LogP contribution in [-0.2, 0) is 12.4 Å². The van der Waals surface area contributed by atoms with Crippen LogP contribution in [0, 0.1) is 0 Å². The highest BCUT2D eigenvalue weighted by Gasteiger charge is 2.39. The minimum Gasteiger partial charge on any atom is -0.389 e. The van der Waals surface area contributed by atoms with Crippen LogP contribution in [-0.4, -0.2) is 22.1 Å². The van der Waals surface area contributed by atoms with Gasteiger partial charge in [-0.2, -0.15) is 39.0 Å². The Morgan fingerprint density at radius 2 is 1.55 bits per heavy atom. The first-order valence-electron chi connectivity index (χ1n) is 5.23. The van der Waals surface area contributed by atoms with Crippen molar-refractivity contribution in [2.45, 2.75) is 24.6 Å². The van der Waals surface area contributed by atoms with E-state index in [1.54, 1.807) is 0 Å². The Bertz CT molecular complexity index is 471. The largest absolute Gasteiger partial charge is 0.416 e. The van der Waals surface area contributed by atoms with Crippen LogP contribution in [0.1, 0.15) is 22.8 Å². The Hall–Kier alpha value is -0.930. The third kappa shape index (κ3) is 3.80. The fourth-order valence-electron chi connectivity index (χ4n) is 1.55. The Kier molecular flexibility index (Phi) is 4.99. The molecule has 2 atom stereocenters. The highest BCUT2D eigenvalue weighted by atomic mass is 32.1. The molecule has 9 heteroatoms. The van der Waals surface area contributed by atoms with Gasteiger partial charge in [0.2, 0.25) is 0 Å². The summed E-state index contributed by atoms with van der Waals surface area (Å²) in [6.07, 6.45) is -13.6. The first-order chi connectivity index (χ1) is 8.98. The normalized spacial score (nSPS) is 16.1. The minimum absolute atomic E-state index is 0.181. The molecule has 2 nitrogen and oxygen atoms in total. The van der Waals surface area contributed by atoms with Crippen molar-refractivity contribution in [3.05, 3.63) is 34.9 Å². The smallest absolute Gasteiger partial charge is 0.389 e. The standard InChI is InChI=1S/C11H10F6O2S/c12-10(13,14)5-1-2-7(11(15,16)17)6(3-5)9(19)8(18)4-20/h1-3,8-9,18-20H,4H2. The molecule has 0 fully saturated rings. The van der Waals surface area contributed by atoms with E-state index in [9.17, 15) is 36.6 Å². The molecule has 0 saturated heterocycles. The van der Waals surface area contributed by atoms with Crippen molar-refractivity contribution >= 4 is 12.6 Å². The molecule has 0 aliphatic carbocycles. The number of alkyl halides is 6. The molecule has 0 aliphatic heterocycles. The van der Waals surface area contributed by atoms with Gasteiger partial charge in [-0.3, -0.25) is 0 Å². The number of aliphatic hydroxyl groups is 2. The van der Waals surface area contributed by atoms with Crippen LogP contribution in [0.15, 0.2) is 18.2 Å². The molecule has 0 spiro atoms. The second-order valence-electron chi connectivity index (χ2n) is 3.99. The lowest BCUT2D eigenvalue weighted by Crippen LogP contribution is -2.24. The molecular formula is C11H10F6O2S. The van der Waals surface area contributed by atoms with Crippen LogP contribution in [0.4, 0.5) is 26.3 Å². The van der Waals surface area contributed by atoms with Gasteiger partial charge in [-0.25, -0.2) is 0 Å². The molecule has 20 heavy (non-hydrogen) atoms. The number of benzene rings is 1. The lowest BCUT2D eigenvalue weighted by Gasteiger charge is -2.22. The highest BCUT2D eigenvalue weighted by Crippen LogP contribution is 2.39. The molecular weight excluding hydrogens is 310 g/mol. The van der Waals surface area contributed by atoms with E-state index in [1.807, 2.05) is 0 Å². The van der Waals surface area contributed by atoms with Crippen molar-refractivity contribution in [1.29, 1.82) is 0 Å². The fourth-order valence-corrected chi connectivity index (χ4v) is 1.75. The summed E-state index contributed by atoms with van der Waals surface area (Å²) in [5, 5.41) is 18.8. The molecule has 1 rings (SSSR count). The molecule has 0 bridgehead atoms. The fraction of sp³-hybridized carbons (Fsp3) is 0.455. The number of hydrogen-bond donors (Lipinski definition) is 3. The molecule has 2 N–H and O–H groups in total. The summed E-state index contributed by atoms with van der Waals surface area (Å²) in [4.78, 5) is 0. The summed E-state index contributed by atoms with van der Waals surface area (Å²) in [6.45, 7) is 0. The van der Waals surface area contributed by atoms with Crippen molar-refractivity contribution in [3.63, 3.8) is 0 Å². The van der Waals surface area contributed by atoms with E-state index in [-0.39, 0.29) is 18.2 Å². The Labute approximate surface area is 115 Å². The van der Waals surface area contributed by atoms with Gasteiger partial charge in [-0.15, -0.1) is 0 Å². The first-order valence-corrected chi connectivity index (χ1v) is 5.87. The third-order valence-electron chi connectivity index (χ3n) is 2.55. The summed E-state index contributed by atoms with van der Waals surface area (Å²) in [6, 6.07) is 0.679. The molecule has 0 aromatic heterocycles. The monoisotopic (exact) mass is 320 g/mol. The van der Waals surface area contributed by atoms with Crippen LogP contribution in [0.5, 0.6) is 0 Å². The topological polar surface area (TPSA) is 40.5 Å². The highest BCUT2D eigenvalue weighted by molar-refractivity contribution is 7.80. The predicted octanol–water partition coefficient (Wildman–Crippen LogP) is 3.05. The third-order valence-corrected chi connectivity index (χ3v) is 2.93. The summed E-state index contributed by atoms with van der Waals surface area (Å²) >= 11 is 3.58. The van der Waals surface area contributed by atoms with E-state index in [2.05, 4.69) is 12.6 Å². The van der Waals surface area contributed by atoms with E-state index in [1.165, 1.54) is 0 Å². The van der Waals surface area contributed by atoms with Crippen LogP contribution in [0.2, 0.25) is 0 Å². The quantitative estimate of drug-likeness (QED) is 0.592. The number of thiol groups is 1. The molecule has 2 unspecified atom stereocenters. The molecule has 0 amide bonds. The molecule has 1 aromatic rings. The van der Waals surface area contributed by atoms with Crippen molar-refractivity contribution in [3.8, 4) is 0 Å². The molecule has 0 radical (unpaired) electrons. The molecule has 0 aliphatic rings. The molecule has 1 aromatic carbocycles. The molecule has 0 saturated carbocycles.